The molecule has 0 unspecified atom stereocenters. The summed E-state index contributed by atoms with van der Waals surface area (Å²) in [6.07, 6.45) is -0.593. The molecule has 0 saturated carbocycles. The quantitative estimate of drug-likeness (QED) is 0.797. The fraction of sp³-hybridized carbons (Fsp3) is 0.462. The van der Waals surface area contributed by atoms with Gasteiger partial charge in [-0.2, -0.15) is 0 Å². The van der Waals surface area contributed by atoms with E-state index in [9.17, 15) is 4.79 Å². The minimum atomic E-state index is -0.593. The van der Waals surface area contributed by atoms with E-state index in [2.05, 4.69) is 5.32 Å². The lowest BCUT2D eigenvalue weighted by molar-refractivity contribution is 0.0636. The SMILES string of the molecule is CC(C)(C)OC(=O)Nc1cc([C@@H](N)CO)ccc1Cl. The van der Waals surface area contributed by atoms with Crippen LogP contribution in [-0.4, -0.2) is 23.4 Å². The fourth-order valence-corrected chi connectivity index (χ4v) is 1.55. The number of hydrogen-bond donors (Lipinski definition) is 3. The summed E-state index contributed by atoms with van der Waals surface area (Å²) < 4.78 is 5.13. The van der Waals surface area contributed by atoms with Gasteiger partial charge in [-0.1, -0.05) is 17.7 Å². The van der Waals surface area contributed by atoms with Crippen molar-refractivity contribution in [2.75, 3.05) is 11.9 Å². The molecule has 0 aliphatic rings. The van der Waals surface area contributed by atoms with Gasteiger partial charge in [0.25, 0.3) is 0 Å². The summed E-state index contributed by atoms with van der Waals surface area (Å²) in [5.41, 5.74) is 6.20. The van der Waals surface area contributed by atoms with Crippen molar-refractivity contribution < 1.29 is 14.6 Å². The molecule has 1 amide bonds. The number of aliphatic hydroxyl groups is 1. The number of halogens is 1. The molecule has 0 spiro atoms. The normalized spacial score (nSPS) is 12.9. The van der Waals surface area contributed by atoms with Crippen molar-refractivity contribution in [2.45, 2.75) is 32.4 Å². The first-order chi connectivity index (χ1) is 8.73. The van der Waals surface area contributed by atoms with Gasteiger partial charge < -0.3 is 15.6 Å². The Morgan fingerprint density at radius 3 is 2.68 bits per heavy atom. The van der Waals surface area contributed by atoms with Gasteiger partial charge >= 0.3 is 6.09 Å². The summed E-state index contributed by atoms with van der Waals surface area (Å²) in [5.74, 6) is 0. The molecular formula is C13H19ClN2O3. The van der Waals surface area contributed by atoms with Gasteiger partial charge in [-0.15, -0.1) is 0 Å². The van der Waals surface area contributed by atoms with Gasteiger partial charge in [-0.05, 0) is 38.5 Å². The van der Waals surface area contributed by atoms with Crippen LogP contribution in [0.3, 0.4) is 0 Å². The second-order valence-corrected chi connectivity index (χ2v) is 5.56. The number of aliphatic hydroxyl groups excluding tert-OH is 1. The molecular weight excluding hydrogens is 268 g/mol. The molecule has 106 valence electrons. The van der Waals surface area contributed by atoms with Crippen LogP contribution in [0, 0.1) is 0 Å². The van der Waals surface area contributed by atoms with Gasteiger partial charge in [-0.3, -0.25) is 5.32 Å². The molecule has 1 atom stereocenters. The van der Waals surface area contributed by atoms with E-state index < -0.39 is 17.7 Å². The second kappa shape index (κ2) is 6.23. The highest BCUT2D eigenvalue weighted by Crippen LogP contribution is 2.26. The monoisotopic (exact) mass is 286 g/mol. The van der Waals surface area contributed by atoms with Gasteiger partial charge in [0.05, 0.1) is 23.4 Å². The maximum Gasteiger partial charge on any atom is 0.412 e. The Balaban J connectivity index is 2.85. The van der Waals surface area contributed by atoms with Crippen LogP contribution in [0.4, 0.5) is 10.5 Å². The number of nitrogens with two attached hydrogens (primary N) is 1. The summed E-state index contributed by atoms with van der Waals surface area (Å²) in [6.45, 7) is 5.12. The predicted octanol–water partition coefficient (Wildman–Crippen LogP) is 2.68. The van der Waals surface area contributed by atoms with Crippen molar-refractivity contribution in [3.8, 4) is 0 Å². The average molecular weight is 287 g/mol. The van der Waals surface area contributed by atoms with Crippen LogP contribution >= 0.6 is 11.6 Å². The number of benzene rings is 1. The molecule has 1 aromatic rings. The van der Waals surface area contributed by atoms with E-state index in [1.165, 1.54) is 0 Å². The number of rotatable bonds is 3. The number of amides is 1. The zero-order valence-corrected chi connectivity index (χ0v) is 12.0. The van der Waals surface area contributed by atoms with Crippen molar-refractivity contribution in [3.63, 3.8) is 0 Å². The van der Waals surface area contributed by atoms with Crippen LogP contribution < -0.4 is 11.1 Å². The molecule has 1 rings (SSSR count). The van der Waals surface area contributed by atoms with Crippen LogP contribution in [0.5, 0.6) is 0 Å². The maximum absolute atomic E-state index is 11.7. The van der Waals surface area contributed by atoms with E-state index in [1.54, 1.807) is 39.0 Å². The highest BCUT2D eigenvalue weighted by atomic mass is 35.5. The van der Waals surface area contributed by atoms with Crippen LogP contribution in [0.2, 0.25) is 5.02 Å². The molecule has 0 saturated heterocycles. The molecule has 4 N–H and O–H groups in total. The maximum atomic E-state index is 11.7. The standard InChI is InChI=1S/C13H19ClN2O3/c1-13(2,3)19-12(18)16-11-6-8(10(15)7-17)4-5-9(11)14/h4-6,10,17H,7,15H2,1-3H3,(H,16,18)/t10-/m0/s1. The van der Waals surface area contributed by atoms with Crippen LogP contribution in [0.25, 0.3) is 0 Å². The first-order valence-electron chi connectivity index (χ1n) is 5.89. The molecule has 0 aliphatic heterocycles. The Bertz CT molecular complexity index is 458. The molecule has 0 aromatic heterocycles. The van der Waals surface area contributed by atoms with Crippen molar-refractivity contribution >= 4 is 23.4 Å². The lowest BCUT2D eigenvalue weighted by Crippen LogP contribution is -2.27. The molecule has 6 heteroatoms. The van der Waals surface area contributed by atoms with Crippen molar-refractivity contribution in [1.29, 1.82) is 0 Å². The third kappa shape index (κ3) is 5.06. The van der Waals surface area contributed by atoms with Gasteiger partial charge in [0.15, 0.2) is 0 Å². The van der Waals surface area contributed by atoms with E-state index in [0.717, 1.165) is 0 Å². The third-order valence-electron chi connectivity index (χ3n) is 2.25. The molecule has 19 heavy (non-hydrogen) atoms. The highest BCUT2D eigenvalue weighted by Gasteiger charge is 2.17. The molecule has 0 aliphatic carbocycles. The minimum Gasteiger partial charge on any atom is -0.444 e. The number of ether oxygens (including phenoxy) is 1. The van der Waals surface area contributed by atoms with Crippen molar-refractivity contribution in [2.24, 2.45) is 5.73 Å². The molecule has 0 heterocycles. The first kappa shape index (κ1) is 15.8. The summed E-state index contributed by atoms with van der Waals surface area (Å²) in [6, 6.07) is 4.41. The van der Waals surface area contributed by atoms with E-state index in [-0.39, 0.29) is 6.61 Å². The third-order valence-corrected chi connectivity index (χ3v) is 2.58. The Kier molecular flexibility index (Phi) is 5.17. The second-order valence-electron chi connectivity index (χ2n) is 5.16. The summed E-state index contributed by atoms with van der Waals surface area (Å²) in [7, 11) is 0. The van der Waals surface area contributed by atoms with Crippen LogP contribution in [0.15, 0.2) is 18.2 Å². The molecule has 0 fully saturated rings. The molecule has 5 nitrogen and oxygen atoms in total. The van der Waals surface area contributed by atoms with Gasteiger partial charge in [0.2, 0.25) is 0 Å². The fourth-order valence-electron chi connectivity index (χ4n) is 1.39. The number of hydrogen-bond acceptors (Lipinski definition) is 4. The van der Waals surface area contributed by atoms with Crippen molar-refractivity contribution in [3.05, 3.63) is 28.8 Å². The molecule has 1 aromatic carbocycles. The van der Waals surface area contributed by atoms with Gasteiger partial charge in [0.1, 0.15) is 5.60 Å². The zero-order valence-electron chi connectivity index (χ0n) is 11.2. The number of anilines is 1. The summed E-state index contributed by atoms with van der Waals surface area (Å²) in [4.78, 5) is 11.7. The Hall–Kier alpha value is -1.30. The van der Waals surface area contributed by atoms with E-state index >= 15 is 0 Å². The number of nitrogens with one attached hydrogen (secondary N) is 1. The summed E-state index contributed by atoms with van der Waals surface area (Å²) >= 11 is 5.99. The Labute approximate surface area is 117 Å². The Morgan fingerprint density at radius 2 is 2.16 bits per heavy atom. The van der Waals surface area contributed by atoms with E-state index in [1.807, 2.05) is 0 Å². The van der Waals surface area contributed by atoms with Gasteiger partial charge in [0, 0.05) is 0 Å². The summed E-state index contributed by atoms with van der Waals surface area (Å²) in [5, 5.41) is 11.9. The average Bonchev–Trinajstić information content (AvgIpc) is 2.28. The highest BCUT2D eigenvalue weighted by molar-refractivity contribution is 6.33. The minimum absolute atomic E-state index is 0.187. The smallest absolute Gasteiger partial charge is 0.412 e. The molecule has 0 bridgehead atoms. The van der Waals surface area contributed by atoms with Crippen LogP contribution in [0.1, 0.15) is 32.4 Å². The lowest BCUT2D eigenvalue weighted by atomic mass is 10.1. The van der Waals surface area contributed by atoms with Crippen molar-refractivity contribution in [1.82, 2.24) is 0 Å². The largest absolute Gasteiger partial charge is 0.444 e. The topological polar surface area (TPSA) is 84.6 Å². The number of carbonyl (C=O) groups excluding carboxylic acids is 1. The van der Waals surface area contributed by atoms with E-state index in [4.69, 9.17) is 27.2 Å². The van der Waals surface area contributed by atoms with Gasteiger partial charge in [-0.25, -0.2) is 4.79 Å². The predicted molar refractivity (Wildman–Crippen MR) is 75.3 cm³/mol. The number of carbonyl (C=O) groups is 1. The Morgan fingerprint density at radius 1 is 1.53 bits per heavy atom. The zero-order chi connectivity index (χ0) is 14.6. The first-order valence-corrected chi connectivity index (χ1v) is 6.26. The van der Waals surface area contributed by atoms with Crippen LogP contribution in [-0.2, 0) is 4.74 Å². The van der Waals surface area contributed by atoms with E-state index in [0.29, 0.717) is 16.3 Å². The lowest BCUT2D eigenvalue weighted by Gasteiger charge is -2.20. The molecule has 0 radical (unpaired) electrons.